The highest BCUT2D eigenvalue weighted by molar-refractivity contribution is 7.99. The number of carbonyl (C=O) groups excluding carboxylic acids is 1. The monoisotopic (exact) mass is 473 g/mol. The number of ether oxygens (including phenoxy) is 1. The van der Waals surface area contributed by atoms with Crippen LogP contribution < -0.4 is 4.90 Å². The van der Waals surface area contributed by atoms with Gasteiger partial charge in [-0.3, -0.25) is 14.6 Å². The van der Waals surface area contributed by atoms with E-state index in [0.29, 0.717) is 18.7 Å². The molecule has 32 heavy (non-hydrogen) atoms. The summed E-state index contributed by atoms with van der Waals surface area (Å²) in [5.74, 6) is 0.462. The maximum Gasteiger partial charge on any atom is 0.229 e. The molecule has 0 aliphatic carbocycles. The molecule has 1 aromatic heterocycles. The summed E-state index contributed by atoms with van der Waals surface area (Å²) in [4.78, 5) is 23.3. The minimum Gasteiger partial charge on any atom is -0.379 e. The van der Waals surface area contributed by atoms with Crippen molar-refractivity contribution in [2.45, 2.75) is 25.2 Å². The Balaban J connectivity index is 1.48. The molecule has 0 bridgehead atoms. The highest BCUT2D eigenvalue weighted by atomic mass is 32.2. The van der Waals surface area contributed by atoms with Gasteiger partial charge in [0.05, 0.1) is 23.4 Å². The quantitative estimate of drug-likeness (QED) is 0.436. The van der Waals surface area contributed by atoms with Crippen LogP contribution in [0.4, 0.5) is 9.52 Å². The summed E-state index contributed by atoms with van der Waals surface area (Å²) in [5, 5.41) is 0.763. The largest absolute Gasteiger partial charge is 0.379 e. The second kappa shape index (κ2) is 10.7. The van der Waals surface area contributed by atoms with E-state index in [9.17, 15) is 9.18 Å². The molecule has 0 saturated carbocycles. The molecule has 1 aliphatic heterocycles. The van der Waals surface area contributed by atoms with Crippen LogP contribution in [0.25, 0.3) is 10.2 Å². The van der Waals surface area contributed by atoms with Crippen LogP contribution in [-0.4, -0.2) is 60.9 Å². The zero-order chi connectivity index (χ0) is 22.5. The Bertz CT molecular complexity index is 1070. The van der Waals surface area contributed by atoms with Crippen molar-refractivity contribution in [2.24, 2.45) is 0 Å². The maximum absolute atomic E-state index is 13.3. The lowest BCUT2D eigenvalue weighted by Gasteiger charge is -2.29. The Hall–Kier alpha value is -2.00. The average Bonchev–Trinajstić information content (AvgIpc) is 3.23. The third kappa shape index (κ3) is 5.67. The van der Waals surface area contributed by atoms with Gasteiger partial charge in [0.1, 0.15) is 5.82 Å². The molecule has 0 N–H and O–H groups in total. The van der Waals surface area contributed by atoms with Crippen molar-refractivity contribution in [1.82, 2.24) is 9.88 Å². The van der Waals surface area contributed by atoms with Crippen LogP contribution in [0.15, 0.2) is 41.3 Å². The van der Waals surface area contributed by atoms with Gasteiger partial charge in [-0.1, -0.05) is 17.4 Å². The molecule has 2 aromatic carbocycles. The second-order valence-electron chi connectivity index (χ2n) is 7.90. The molecule has 8 heteroatoms. The minimum atomic E-state index is -0.249. The van der Waals surface area contributed by atoms with Gasteiger partial charge in [-0.25, -0.2) is 9.37 Å². The van der Waals surface area contributed by atoms with Crippen molar-refractivity contribution in [3.05, 3.63) is 53.3 Å². The summed E-state index contributed by atoms with van der Waals surface area (Å²) in [5.41, 5.74) is 3.35. The van der Waals surface area contributed by atoms with E-state index in [1.165, 1.54) is 17.7 Å². The topological polar surface area (TPSA) is 45.7 Å². The maximum atomic E-state index is 13.3. The molecule has 3 aromatic rings. The van der Waals surface area contributed by atoms with Crippen LogP contribution in [0, 0.1) is 19.7 Å². The van der Waals surface area contributed by atoms with E-state index in [2.05, 4.69) is 30.9 Å². The molecule has 5 nitrogen and oxygen atoms in total. The first-order valence-corrected chi connectivity index (χ1v) is 12.7. The average molecular weight is 474 g/mol. The zero-order valence-electron chi connectivity index (χ0n) is 18.5. The van der Waals surface area contributed by atoms with Crippen molar-refractivity contribution < 1.29 is 13.9 Å². The van der Waals surface area contributed by atoms with Gasteiger partial charge in [0, 0.05) is 43.2 Å². The number of carbonyl (C=O) groups is 1. The SMILES string of the molecule is Cc1ccc2sc(N(CCN3CCOCC3)C(=O)CCSc3ccc(F)cc3)nc2c1C. The van der Waals surface area contributed by atoms with Crippen LogP contribution >= 0.6 is 23.1 Å². The number of anilines is 1. The molecule has 1 saturated heterocycles. The number of thiazole rings is 1. The van der Waals surface area contributed by atoms with Crippen LogP contribution in [0.3, 0.4) is 0 Å². The van der Waals surface area contributed by atoms with Gasteiger partial charge in [-0.05, 0) is 55.3 Å². The number of thioether (sulfide) groups is 1. The molecule has 4 rings (SSSR count). The molecule has 170 valence electrons. The molecule has 0 atom stereocenters. The number of morpholine rings is 1. The van der Waals surface area contributed by atoms with E-state index < -0.39 is 0 Å². The summed E-state index contributed by atoms with van der Waals surface area (Å²) in [6.07, 6.45) is 0.402. The normalized spacial score (nSPS) is 14.7. The van der Waals surface area contributed by atoms with Crippen molar-refractivity contribution in [2.75, 3.05) is 50.0 Å². The number of hydrogen-bond acceptors (Lipinski definition) is 6. The first-order valence-electron chi connectivity index (χ1n) is 10.9. The molecular weight excluding hydrogens is 445 g/mol. The molecular formula is C24H28FN3O2S2. The predicted molar refractivity (Wildman–Crippen MR) is 130 cm³/mol. The van der Waals surface area contributed by atoms with Gasteiger partial charge in [0.25, 0.3) is 0 Å². The van der Waals surface area contributed by atoms with E-state index in [-0.39, 0.29) is 11.7 Å². The van der Waals surface area contributed by atoms with Crippen LogP contribution in [0.2, 0.25) is 0 Å². The summed E-state index contributed by atoms with van der Waals surface area (Å²) >= 11 is 3.14. The number of aromatic nitrogens is 1. The molecule has 0 radical (unpaired) electrons. The predicted octanol–water partition coefficient (Wildman–Crippen LogP) is 4.90. The van der Waals surface area contributed by atoms with Crippen LogP contribution in [-0.2, 0) is 9.53 Å². The third-order valence-corrected chi connectivity index (χ3v) is 7.80. The minimum absolute atomic E-state index is 0.0707. The van der Waals surface area contributed by atoms with Crippen LogP contribution in [0.5, 0.6) is 0 Å². The lowest BCUT2D eigenvalue weighted by Crippen LogP contribution is -2.43. The second-order valence-corrected chi connectivity index (χ2v) is 10.1. The third-order valence-electron chi connectivity index (χ3n) is 5.75. The number of amides is 1. The van der Waals surface area contributed by atoms with E-state index >= 15 is 0 Å². The Labute approximate surface area is 196 Å². The molecule has 1 amide bonds. The first kappa shape index (κ1) is 23.2. The summed E-state index contributed by atoms with van der Waals surface area (Å²) in [6, 6.07) is 10.6. The summed E-state index contributed by atoms with van der Waals surface area (Å²) in [7, 11) is 0. The number of benzene rings is 2. The number of aryl methyl sites for hydroxylation is 2. The van der Waals surface area contributed by atoms with Gasteiger partial charge in [-0.2, -0.15) is 0 Å². The fourth-order valence-electron chi connectivity index (χ4n) is 3.64. The smallest absolute Gasteiger partial charge is 0.229 e. The number of hydrogen-bond donors (Lipinski definition) is 0. The van der Waals surface area contributed by atoms with Gasteiger partial charge in [0.2, 0.25) is 5.91 Å². The van der Waals surface area contributed by atoms with E-state index in [4.69, 9.17) is 9.72 Å². The van der Waals surface area contributed by atoms with Crippen molar-refractivity contribution in [3.63, 3.8) is 0 Å². The summed E-state index contributed by atoms with van der Waals surface area (Å²) < 4.78 is 19.7. The van der Waals surface area contributed by atoms with Gasteiger partial charge < -0.3 is 4.74 Å². The Morgan fingerprint density at radius 3 is 2.69 bits per heavy atom. The number of halogens is 1. The molecule has 2 heterocycles. The lowest BCUT2D eigenvalue weighted by atomic mass is 10.1. The number of rotatable bonds is 8. The highest BCUT2D eigenvalue weighted by Gasteiger charge is 2.22. The fourth-order valence-corrected chi connectivity index (χ4v) is 5.55. The Kier molecular flexibility index (Phi) is 7.78. The van der Waals surface area contributed by atoms with Crippen molar-refractivity contribution in [3.8, 4) is 0 Å². The standard InChI is InChI=1S/C24H28FN3O2S2/c1-17-3-8-21-23(18(17)2)26-24(32-21)28(11-10-27-12-14-30-15-13-27)22(29)9-16-31-20-6-4-19(25)5-7-20/h3-8H,9-16H2,1-2H3. The molecule has 0 unspecified atom stereocenters. The van der Waals surface area contributed by atoms with Gasteiger partial charge in [0.15, 0.2) is 5.13 Å². The first-order chi connectivity index (χ1) is 15.5. The van der Waals surface area contributed by atoms with Gasteiger partial charge in [-0.15, -0.1) is 11.8 Å². The molecule has 0 spiro atoms. The fraction of sp³-hybridized carbons (Fsp3) is 0.417. The van der Waals surface area contributed by atoms with Gasteiger partial charge >= 0.3 is 0 Å². The summed E-state index contributed by atoms with van der Waals surface area (Å²) in [6.45, 7) is 8.83. The number of fused-ring (bicyclic) bond motifs is 1. The zero-order valence-corrected chi connectivity index (χ0v) is 20.1. The molecule has 1 aliphatic rings. The van der Waals surface area contributed by atoms with E-state index in [0.717, 1.165) is 58.7 Å². The van der Waals surface area contributed by atoms with E-state index in [1.807, 2.05) is 4.90 Å². The highest BCUT2D eigenvalue weighted by Crippen LogP contribution is 2.32. The number of nitrogens with zero attached hydrogens (tertiary/aromatic N) is 3. The van der Waals surface area contributed by atoms with Crippen LogP contribution in [0.1, 0.15) is 17.5 Å². The van der Waals surface area contributed by atoms with E-state index in [1.54, 1.807) is 35.2 Å². The Morgan fingerprint density at radius 2 is 1.94 bits per heavy atom. The van der Waals surface area contributed by atoms with Crippen molar-refractivity contribution in [1.29, 1.82) is 0 Å². The Morgan fingerprint density at radius 1 is 1.19 bits per heavy atom. The molecule has 1 fully saturated rings. The lowest BCUT2D eigenvalue weighted by molar-refractivity contribution is -0.118. The van der Waals surface area contributed by atoms with Crippen molar-refractivity contribution >= 4 is 44.4 Å².